The average molecular weight is 252 g/mol. The van der Waals surface area contributed by atoms with Gasteiger partial charge in [-0.1, -0.05) is 20.3 Å². The van der Waals surface area contributed by atoms with E-state index in [4.69, 9.17) is 4.74 Å². The molecule has 1 N–H and O–H groups in total. The molecule has 0 bridgehead atoms. The summed E-state index contributed by atoms with van der Waals surface area (Å²) in [5.74, 6) is 1.45. The number of hydrogen-bond acceptors (Lipinski definition) is 3. The lowest BCUT2D eigenvalue weighted by atomic mass is 9.69. The predicted octanol–water partition coefficient (Wildman–Crippen LogP) is 2.56. The van der Waals surface area contributed by atoms with Gasteiger partial charge in [0.2, 0.25) is 0 Å². The minimum atomic E-state index is -0.810. The lowest BCUT2D eigenvalue weighted by molar-refractivity contribution is -0.0765. The number of methoxy groups -OCH3 is 1. The van der Waals surface area contributed by atoms with E-state index in [1.807, 2.05) is 11.6 Å². The van der Waals surface area contributed by atoms with Gasteiger partial charge >= 0.3 is 0 Å². The van der Waals surface area contributed by atoms with Crippen LogP contribution in [0.1, 0.15) is 45.7 Å². The molecule has 0 spiro atoms. The first kappa shape index (κ1) is 13.4. The van der Waals surface area contributed by atoms with Crippen molar-refractivity contribution in [3.05, 3.63) is 11.9 Å². The van der Waals surface area contributed by atoms with Gasteiger partial charge in [0.1, 0.15) is 11.3 Å². The second kappa shape index (κ2) is 4.92. The summed E-state index contributed by atoms with van der Waals surface area (Å²) in [6, 6.07) is 0. The maximum absolute atomic E-state index is 11.2. The molecular formula is C14H24N2O2. The third kappa shape index (κ3) is 1.92. The molecule has 1 aromatic rings. The molecule has 2 rings (SSSR count). The summed E-state index contributed by atoms with van der Waals surface area (Å²) in [6.07, 6.45) is 4.75. The van der Waals surface area contributed by atoms with Crippen molar-refractivity contribution in [2.24, 2.45) is 11.8 Å². The Kier molecular flexibility index (Phi) is 3.66. The van der Waals surface area contributed by atoms with Crippen LogP contribution in [0.15, 0.2) is 6.20 Å². The quantitative estimate of drug-likeness (QED) is 0.899. The number of aromatic nitrogens is 2. The van der Waals surface area contributed by atoms with Gasteiger partial charge in [-0.15, -0.1) is 0 Å². The number of aliphatic hydroxyl groups is 1. The molecule has 1 aromatic heterocycles. The van der Waals surface area contributed by atoms with Gasteiger partial charge < -0.3 is 9.84 Å². The van der Waals surface area contributed by atoms with Gasteiger partial charge in [0.25, 0.3) is 0 Å². The molecule has 1 aliphatic rings. The summed E-state index contributed by atoms with van der Waals surface area (Å²) in [6.45, 7) is 7.14. The van der Waals surface area contributed by atoms with Crippen molar-refractivity contribution in [3.63, 3.8) is 0 Å². The van der Waals surface area contributed by atoms with Gasteiger partial charge in [0.15, 0.2) is 5.75 Å². The fraction of sp³-hybridized carbons (Fsp3) is 0.786. The van der Waals surface area contributed by atoms with Crippen molar-refractivity contribution in [2.45, 2.75) is 52.2 Å². The van der Waals surface area contributed by atoms with Crippen molar-refractivity contribution in [1.29, 1.82) is 0 Å². The molecule has 0 amide bonds. The van der Waals surface area contributed by atoms with Crippen LogP contribution < -0.4 is 4.74 Å². The first-order chi connectivity index (χ1) is 8.54. The Morgan fingerprint density at radius 3 is 2.89 bits per heavy atom. The molecule has 0 aromatic carbocycles. The third-order valence-corrected chi connectivity index (χ3v) is 4.56. The molecule has 0 radical (unpaired) electrons. The van der Waals surface area contributed by atoms with Crippen LogP contribution in [0.5, 0.6) is 5.75 Å². The highest BCUT2D eigenvalue weighted by Crippen LogP contribution is 2.46. The second-order valence-corrected chi connectivity index (χ2v) is 5.46. The maximum Gasteiger partial charge on any atom is 0.162 e. The van der Waals surface area contributed by atoms with E-state index >= 15 is 0 Å². The number of hydrogen-bond donors (Lipinski definition) is 1. The van der Waals surface area contributed by atoms with E-state index in [1.54, 1.807) is 13.3 Å². The Morgan fingerprint density at radius 2 is 2.28 bits per heavy atom. The molecule has 4 nitrogen and oxygen atoms in total. The summed E-state index contributed by atoms with van der Waals surface area (Å²) in [4.78, 5) is 0. The molecule has 18 heavy (non-hydrogen) atoms. The van der Waals surface area contributed by atoms with Gasteiger partial charge in [-0.3, -0.25) is 4.68 Å². The van der Waals surface area contributed by atoms with Crippen LogP contribution in [0.2, 0.25) is 0 Å². The Labute approximate surface area is 109 Å². The van der Waals surface area contributed by atoms with Crippen molar-refractivity contribution < 1.29 is 9.84 Å². The van der Waals surface area contributed by atoms with Gasteiger partial charge in [0.05, 0.1) is 13.3 Å². The monoisotopic (exact) mass is 252 g/mol. The standard InChI is InChI=1S/C14H24N2O2/c1-5-16-13(12(18-4)9-15-16)14(17)8-6-7-10(2)11(14)3/h9-11,17H,5-8H2,1-4H3. The topological polar surface area (TPSA) is 47.3 Å². The molecule has 3 unspecified atom stereocenters. The normalized spacial score (nSPS) is 32.5. The molecule has 1 saturated carbocycles. The van der Waals surface area contributed by atoms with Crippen LogP contribution >= 0.6 is 0 Å². The van der Waals surface area contributed by atoms with Crippen LogP contribution in [0.3, 0.4) is 0 Å². The van der Waals surface area contributed by atoms with Crippen molar-refractivity contribution in [2.75, 3.05) is 7.11 Å². The van der Waals surface area contributed by atoms with Gasteiger partial charge in [-0.05, 0) is 31.6 Å². The van der Waals surface area contributed by atoms with Gasteiger partial charge in [-0.25, -0.2) is 0 Å². The molecule has 1 heterocycles. The van der Waals surface area contributed by atoms with Crippen LogP contribution in [-0.4, -0.2) is 22.0 Å². The highest BCUT2D eigenvalue weighted by molar-refractivity contribution is 5.32. The highest BCUT2D eigenvalue weighted by atomic mass is 16.5. The van der Waals surface area contributed by atoms with E-state index in [1.165, 1.54) is 6.42 Å². The van der Waals surface area contributed by atoms with Crippen molar-refractivity contribution >= 4 is 0 Å². The predicted molar refractivity (Wildman–Crippen MR) is 70.5 cm³/mol. The Morgan fingerprint density at radius 1 is 1.56 bits per heavy atom. The van der Waals surface area contributed by atoms with Crippen LogP contribution in [0, 0.1) is 11.8 Å². The molecule has 4 heteroatoms. The fourth-order valence-corrected chi connectivity index (χ4v) is 3.17. The SMILES string of the molecule is CCn1ncc(OC)c1C1(O)CCCC(C)C1C. The first-order valence-electron chi connectivity index (χ1n) is 6.87. The van der Waals surface area contributed by atoms with E-state index in [2.05, 4.69) is 18.9 Å². The Balaban J connectivity index is 2.48. The number of ether oxygens (including phenoxy) is 1. The Hall–Kier alpha value is -1.03. The van der Waals surface area contributed by atoms with E-state index < -0.39 is 5.60 Å². The summed E-state index contributed by atoms with van der Waals surface area (Å²) < 4.78 is 7.25. The summed E-state index contributed by atoms with van der Waals surface area (Å²) >= 11 is 0. The highest BCUT2D eigenvalue weighted by Gasteiger charge is 2.45. The number of rotatable bonds is 3. The average Bonchev–Trinajstić information content (AvgIpc) is 2.79. The van der Waals surface area contributed by atoms with E-state index in [9.17, 15) is 5.11 Å². The van der Waals surface area contributed by atoms with E-state index in [0.29, 0.717) is 11.7 Å². The zero-order chi connectivity index (χ0) is 13.3. The van der Waals surface area contributed by atoms with Gasteiger partial charge in [0, 0.05) is 6.54 Å². The lowest BCUT2D eigenvalue weighted by Gasteiger charge is -2.42. The summed E-state index contributed by atoms with van der Waals surface area (Å²) in [5.41, 5.74) is 0.0433. The molecule has 1 fully saturated rings. The molecular weight excluding hydrogens is 228 g/mol. The molecule has 1 aliphatic carbocycles. The summed E-state index contributed by atoms with van der Waals surface area (Å²) in [5, 5.41) is 15.5. The third-order valence-electron chi connectivity index (χ3n) is 4.56. The maximum atomic E-state index is 11.2. The largest absolute Gasteiger partial charge is 0.493 e. The van der Waals surface area contributed by atoms with E-state index in [-0.39, 0.29) is 5.92 Å². The summed E-state index contributed by atoms with van der Waals surface area (Å²) in [7, 11) is 1.64. The van der Waals surface area contributed by atoms with Crippen LogP contribution in [0.4, 0.5) is 0 Å². The molecule has 102 valence electrons. The van der Waals surface area contributed by atoms with Crippen LogP contribution in [-0.2, 0) is 12.1 Å². The zero-order valence-corrected chi connectivity index (χ0v) is 11.8. The van der Waals surface area contributed by atoms with Crippen LogP contribution in [0.25, 0.3) is 0 Å². The lowest BCUT2D eigenvalue weighted by Crippen LogP contribution is -2.42. The molecule has 3 atom stereocenters. The molecule has 0 aliphatic heterocycles. The van der Waals surface area contributed by atoms with Crippen molar-refractivity contribution in [3.8, 4) is 5.75 Å². The van der Waals surface area contributed by atoms with E-state index in [0.717, 1.165) is 25.1 Å². The van der Waals surface area contributed by atoms with Gasteiger partial charge in [-0.2, -0.15) is 5.10 Å². The zero-order valence-electron chi connectivity index (χ0n) is 11.8. The minimum Gasteiger partial charge on any atom is -0.493 e. The minimum absolute atomic E-state index is 0.224. The fourth-order valence-electron chi connectivity index (χ4n) is 3.17. The number of nitrogens with zero attached hydrogens (tertiary/aromatic N) is 2. The smallest absolute Gasteiger partial charge is 0.162 e. The number of aryl methyl sites for hydroxylation is 1. The molecule has 0 saturated heterocycles. The first-order valence-corrected chi connectivity index (χ1v) is 6.87. The Bertz CT molecular complexity index is 394. The second-order valence-electron chi connectivity index (χ2n) is 5.46. The van der Waals surface area contributed by atoms with Crippen molar-refractivity contribution in [1.82, 2.24) is 9.78 Å².